The van der Waals surface area contributed by atoms with E-state index >= 15 is 0 Å². The Balaban J connectivity index is 1.55. The van der Waals surface area contributed by atoms with Gasteiger partial charge in [-0.05, 0) is 13.0 Å². The molecule has 0 spiro atoms. The number of aryl methyl sites for hydroxylation is 1. The molecule has 134 valence electrons. The molecule has 3 heterocycles. The number of amides is 1. The topological polar surface area (TPSA) is 98.7 Å². The lowest BCUT2D eigenvalue weighted by Crippen LogP contribution is -2.45. The first-order valence-corrected chi connectivity index (χ1v) is 9.60. The predicted molar refractivity (Wildman–Crippen MR) is 92.3 cm³/mol. The fraction of sp³-hybridized carbons (Fsp3) is 0.467. The van der Waals surface area contributed by atoms with E-state index in [1.165, 1.54) is 30.6 Å². The van der Waals surface area contributed by atoms with Crippen molar-refractivity contribution in [2.24, 2.45) is 0 Å². The molecule has 2 aromatic heterocycles. The molecule has 0 aromatic carbocycles. The lowest BCUT2D eigenvalue weighted by Gasteiger charge is -2.30. The quantitative estimate of drug-likeness (QED) is 0.566. The highest BCUT2D eigenvalue weighted by Crippen LogP contribution is 2.27. The van der Waals surface area contributed by atoms with Gasteiger partial charge in [-0.2, -0.15) is 0 Å². The number of esters is 1. The van der Waals surface area contributed by atoms with E-state index in [-0.39, 0.29) is 22.9 Å². The van der Waals surface area contributed by atoms with Crippen molar-refractivity contribution in [1.82, 2.24) is 15.1 Å². The second kappa shape index (κ2) is 7.96. The Labute approximate surface area is 152 Å². The van der Waals surface area contributed by atoms with Crippen molar-refractivity contribution in [3.63, 3.8) is 0 Å². The molecular formula is C15H17N3O5S2. The number of carbonyl (C=O) groups is 2. The third kappa shape index (κ3) is 4.18. The fourth-order valence-electron chi connectivity index (χ4n) is 2.35. The zero-order valence-electron chi connectivity index (χ0n) is 13.8. The molecule has 2 aromatic rings. The third-order valence-corrected chi connectivity index (χ3v) is 5.66. The van der Waals surface area contributed by atoms with Crippen molar-refractivity contribution >= 4 is 35.4 Å². The number of nitrogens with zero attached hydrogens (tertiary/aromatic N) is 3. The van der Waals surface area contributed by atoms with E-state index in [4.69, 9.17) is 13.6 Å². The summed E-state index contributed by atoms with van der Waals surface area (Å²) < 4.78 is 15.5. The molecule has 1 aliphatic heterocycles. The van der Waals surface area contributed by atoms with Crippen LogP contribution in [0.1, 0.15) is 5.76 Å². The zero-order valence-corrected chi connectivity index (χ0v) is 15.4. The number of thioether (sulfide) groups is 2. The van der Waals surface area contributed by atoms with Crippen LogP contribution in [0.4, 0.5) is 0 Å². The van der Waals surface area contributed by atoms with Gasteiger partial charge in [-0.3, -0.25) is 9.59 Å². The SMILES string of the molecule is COC(=O)[C@H]1CN(C(=O)CSc2nnc(-c3ccoc3C)o2)CCS1. The summed E-state index contributed by atoms with van der Waals surface area (Å²) in [6, 6.07) is 1.75. The minimum Gasteiger partial charge on any atom is -0.469 e. The highest BCUT2D eigenvalue weighted by atomic mass is 32.2. The molecule has 3 rings (SSSR count). The van der Waals surface area contributed by atoms with Crippen molar-refractivity contribution in [3.05, 3.63) is 18.1 Å². The van der Waals surface area contributed by atoms with Crippen LogP contribution in [0.15, 0.2) is 26.4 Å². The molecule has 1 amide bonds. The van der Waals surface area contributed by atoms with E-state index in [0.29, 0.717) is 35.7 Å². The van der Waals surface area contributed by atoms with Crippen LogP contribution in [0.5, 0.6) is 0 Å². The molecule has 1 atom stereocenters. The molecule has 10 heteroatoms. The largest absolute Gasteiger partial charge is 0.469 e. The van der Waals surface area contributed by atoms with Crippen molar-refractivity contribution in [2.75, 3.05) is 31.7 Å². The molecule has 0 N–H and O–H groups in total. The summed E-state index contributed by atoms with van der Waals surface area (Å²) in [6.07, 6.45) is 1.55. The van der Waals surface area contributed by atoms with Gasteiger partial charge in [0.1, 0.15) is 11.0 Å². The third-order valence-electron chi connectivity index (χ3n) is 3.70. The first-order chi connectivity index (χ1) is 12.1. The van der Waals surface area contributed by atoms with Gasteiger partial charge >= 0.3 is 5.97 Å². The van der Waals surface area contributed by atoms with E-state index in [0.717, 1.165) is 5.56 Å². The van der Waals surface area contributed by atoms with Gasteiger partial charge in [0.25, 0.3) is 11.1 Å². The Morgan fingerprint density at radius 3 is 3.04 bits per heavy atom. The molecule has 0 saturated carbocycles. The van der Waals surface area contributed by atoms with Crippen LogP contribution in [-0.2, 0) is 14.3 Å². The smallest absolute Gasteiger partial charge is 0.320 e. The van der Waals surface area contributed by atoms with Crippen LogP contribution in [-0.4, -0.2) is 63.9 Å². The van der Waals surface area contributed by atoms with Crippen molar-refractivity contribution in [3.8, 4) is 11.5 Å². The zero-order chi connectivity index (χ0) is 17.8. The normalized spacial score (nSPS) is 17.5. The molecular weight excluding hydrogens is 366 g/mol. The average molecular weight is 383 g/mol. The second-order valence-corrected chi connectivity index (χ2v) is 7.51. The van der Waals surface area contributed by atoms with Gasteiger partial charge in [-0.25, -0.2) is 0 Å². The fourth-order valence-corrected chi connectivity index (χ4v) is 4.14. The molecule has 0 aliphatic carbocycles. The second-order valence-electron chi connectivity index (χ2n) is 5.27. The number of rotatable bonds is 5. The number of aromatic nitrogens is 2. The van der Waals surface area contributed by atoms with Gasteiger partial charge in [-0.15, -0.1) is 22.0 Å². The molecule has 1 saturated heterocycles. The van der Waals surface area contributed by atoms with Gasteiger partial charge in [-0.1, -0.05) is 11.8 Å². The summed E-state index contributed by atoms with van der Waals surface area (Å²) in [4.78, 5) is 25.7. The Hall–Kier alpha value is -1.94. The van der Waals surface area contributed by atoms with E-state index in [2.05, 4.69) is 10.2 Å². The maximum atomic E-state index is 12.4. The van der Waals surface area contributed by atoms with Gasteiger partial charge in [0.15, 0.2) is 0 Å². The highest BCUT2D eigenvalue weighted by Gasteiger charge is 2.29. The summed E-state index contributed by atoms with van der Waals surface area (Å²) in [6.45, 7) is 2.78. The molecule has 25 heavy (non-hydrogen) atoms. The Morgan fingerprint density at radius 1 is 1.48 bits per heavy atom. The van der Waals surface area contributed by atoms with E-state index in [1.54, 1.807) is 17.2 Å². The number of ether oxygens (including phenoxy) is 1. The highest BCUT2D eigenvalue weighted by molar-refractivity contribution is 8.00. The number of hydrogen-bond donors (Lipinski definition) is 0. The van der Waals surface area contributed by atoms with Gasteiger partial charge in [0.05, 0.1) is 24.7 Å². The monoisotopic (exact) mass is 383 g/mol. The van der Waals surface area contributed by atoms with E-state index in [1.807, 2.05) is 6.92 Å². The number of carbonyl (C=O) groups excluding carboxylic acids is 2. The summed E-state index contributed by atoms with van der Waals surface area (Å²) in [5, 5.41) is 7.90. The van der Waals surface area contributed by atoms with Crippen LogP contribution in [0, 0.1) is 6.92 Å². The predicted octanol–water partition coefficient (Wildman–Crippen LogP) is 1.85. The first-order valence-electron chi connectivity index (χ1n) is 7.56. The van der Waals surface area contributed by atoms with Crippen LogP contribution in [0.3, 0.4) is 0 Å². The molecule has 0 unspecified atom stereocenters. The van der Waals surface area contributed by atoms with Crippen LogP contribution >= 0.6 is 23.5 Å². The van der Waals surface area contributed by atoms with Crippen LogP contribution in [0.2, 0.25) is 0 Å². The van der Waals surface area contributed by atoms with Crippen molar-refractivity contribution in [1.29, 1.82) is 0 Å². The summed E-state index contributed by atoms with van der Waals surface area (Å²) in [7, 11) is 1.36. The Bertz CT molecular complexity index is 760. The van der Waals surface area contributed by atoms with Crippen LogP contribution in [0.25, 0.3) is 11.5 Å². The van der Waals surface area contributed by atoms with Crippen LogP contribution < -0.4 is 0 Å². The van der Waals surface area contributed by atoms with Crippen molar-refractivity contribution in [2.45, 2.75) is 17.4 Å². The minimum absolute atomic E-state index is 0.0709. The molecule has 0 bridgehead atoms. The molecule has 8 nitrogen and oxygen atoms in total. The van der Waals surface area contributed by atoms with Gasteiger partial charge in [0.2, 0.25) is 5.91 Å². The summed E-state index contributed by atoms with van der Waals surface area (Å²) >= 11 is 2.69. The summed E-state index contributed by atoms with van der Waals surface area (Å²) in [5.41, 5.74) is 0.736. The minimum atomic E-state index is -0.327. The Morgan fingerprint density at radius 2 is 2.32 bits per heavy atom. The van der Waals surface area contributed by atoms with Gasteiger partial charge < -0.3 is 18.5 Å². The number of methoxy groups -OCH3 is 1. The first kappa shape index (κ1) is 17.9. The molecule has 0 radical (unpaired) electrons. The lowest BCUT2D eigenvalue weighted by molar-refractivity contribution is -0.141. The molecule has 1 fully saturated rings. The number of hydrogen-bond acceptors (Lipinski definition) is 9. The van der Waals surface area contributed by atoms with E-state index < -0.39 is 0 Å². The summed E-state index contributed by atoms with van der Waals surface area (Å²) in [5.74, 6) is 1.56. The molecule has 1 aliphatic rings. The maximum absolute atomic E-state index is 12.4. The van der Waals surface area contributed by atoms with Gasteiger partial charge in [0, 0.05) is 18.8 Å². The lowest BCUT2D eigenvalue weighted by atomic mass is 10.3. The Kier molecular flexibility index (Phi) is 5.69. The van der Waals surface area contributed by atoms with E-state index in [9.17, 15) is 9.59 Å². The van der Waals surface area contributed by atoms with Crippen molar-refractivity contribution < 1.29 is 23.2 Å². The maximum Gasteiger partial charge on any atom is 0.320 e. The number of furan rings is 1. The standard InChI is InChI=1S/C15H17N3O5S2/c1-9-10(3-5-22-9)13-16-17-15(23-13)25-8-12(19)18-4-6-24-11(7-18)14(20)21-2/h3,5,11H,4,6-8H2,1-2H3/t11-/m1/s1. The average Bonchev–Trinajstić information content (AvgIpc) is 3.27.